The minimum absolute atomic E-state index is 0.0237. The molecule has 1 aliphatic carbocycles. The molecule has 2 saturated heterocycles. The summed E-state index contributed by atoms with van der Waals surface area (Å²) in [6, 6.07) is 14.0. The van der Waals surface area contributed by atoms with E-state index in [1.807, 2.05) is 28.8 Å². The quantitative estimate of drug-likeness (QED) is 0.0402. The second-order valence-electron chi connectivity index (χ2n) is 13.9. The van der Waals surface area contributed by atoms with Gasteiger partial charge < -0.3 is 23.5 Å². The molecule has 3 fully saturated rings. The second-order valence-corrected chi connectivity index (χ2v) is 14.9. The van der Waals surface area contributed by atoms with Crippen LogP contribution in [0.15, 0.2) is 53.6 Å². The van der Waals surface area contributed by atoms with E-state index in [4.69, 9.17) is 40.3 Å². The second kappa shape index (κ2) is 14.6. The fourth-order valence-corrected chi connectivity index (χ4v) is 8.83. The summed E-state index contributed by atoms with van der Waals surface area (Å²) in [6.45, 7) is 1.43. The van der Waals surface area contributed by atoms with Crippen LogP contribution in [0.4, 0.5) is 8.78 Å². The van der Waals surface area contributed by atoms with Crippen LogP contribution in [-0.4, -0.2) is 82.6 Å². The molecule has 0 amide bonds. The van der Waals surface area contributed by atoms with Crippen LogP contribution in [0.1, 0.15) is 71.9 Å². The first-order valence-corrected chi connectivity index (χ1v) is 18.8. The van der Waals surface area contributed by atoms with E-state index in [1.165, 1.54) is 24.9 Å². The van der Waals surface area contributed by atoms with Gasteiger partial charge in [-0.05, 0) is 79.9 Å². The van der Waals surface area contributed by atoms with E-state index in [9.17, 15) is 9.18 Å². The summed E-state index contributed by atoms with van der Waals surface area (Å²) < 4.78 is 54.3. The van der Waals surface area contributed by atoms with Gasteiger partial charge in [-0.3, -0.25) is 9.69 Å². The first kappa shape index (κ1) is 35.3. The van der Waals surface area contributed by atoms with Crippen molar-refractivity contribution in [2.75, 3.05) is 40.7 Å². The number of methoxy groups -OCH3 is 2. The molecule has 3 aliphatic rings. The number of benzene rings is 3. The van der Waals surface area contributed by atoms with Crippen molar-refractivity contribution in [2.45, 2.75) is 67.1 Å². The van der Waals surface area contributed by atoms with Crippen LogP contribution in [0.5, 0.6) is 17.5 Å². The topological polar surface area (TPSA) is 101 Å². The first-order valence-electron chi connectivity index (χ1n) is 17.8. The van der Waals surface area contributed by atoms with Gasteiger partial charge in [0.05, 0.1) is 18.2 Å². The van der Waals surface area contributed by atoms with Crippen molar-refractivity contribution in [1.29, 1.82) is 0 Å². The number of hydrogen-bond acceptors (Lipinski definition) is 10. The van der Waals surface area contributed by atoms with Crippen molar-refractivity contribution in [1.82, 2.24) is 24.4 Å². The maximum absolute atomic E-state index is 15.2. The summed E-state index contributed by atoms with van der Waals surface area (Å²) in [5.41, 5.74) is 1.69. The third kappa shape index (κ3) is 6.57. The Hall–Kier alpha value is -4.77. The predicted octanol–water partition coefficient (Wildman–Crippen LogP) is 7.29. The van der Waals surface area contributed by atoms with Crippen molar-refractivity contribution < 1.29 is 32.5 Å². The highest BCUT2D eigenvalue weighted by Crippen LogP contribution is 2.43. The number of ether oxygens (including phenoxy) is 4. The first-order chi connectivity index (χ1) is 25.8. The Morgan fingerprint density at radius 1 is 1.06 bits per heavy atom. The molecule has 2 aliphatic heterocycles. The summed E-state index contributed by atoms with van der Waals surface area (Å²) in [7, 11) is 3.13. The molecule has 3 aromatic carbocycles. The molecular formula is C40H39F2N5O5S. The van der Waals surface area contributed by atoms with E-state index in [0.29, 0.717) is 51.4 Å². The monoisotopic (exact) mass is 739 g/mol. The molecule has 0 spiro atoms. The largest absolute Gasteiger partial charge is 0.497 e. The minimum atomic E-state index is -0.900. The summed E-state index contributed by atoms with van der Waals surface area (Å²) in [6.07, 6.45) is 9.79. The number of carbonyl (C=O) groups is 1. The highest BCUT2D eigenvalue weighted by molar-refractivity contribution is 7.98. The molecule has 5 aromatic rings. The molecule has 53 heavy (non-hydrogen) atoms. The van der Waals surface area contributed by atoms with Gasteiger partial charge in [0.2, 0.25) is 5.78 Å². The maximum atomic E-state index is 15.2. The van der Waals surface area contributed by atoms with Crippen LogP contribution >= 0.6 is 11.8 Å². The number of rotatable bonds is 13. The predicted molar refractivity (Wildman–Crippen MR) is 197 cm³/mol. The Morgan fingerprint density at radius 3 is 2.62 bits per heavy atom. The van der Waals surface area contributed by atoms with Gasteiger partial charge in [-0.2, -0.15) is 9.97 Å². The number of thioether (sulfide) groups is 1. The van der Waals surface area contributed by atoms with Crippen LogP contribution in [0.3, 0.4) is 0 Å². The van der Waals surface area contributed by atoms with E-state index in [2.05, 4.69) is 10.8 Å². The van der Waals surface area contributed by atoms with Gasteiger partial charge in [0.25, 0.3) is 0 Å². The average molecular weight is 740 g/mol. The van der Waals surface area contributed by atoms with Gasteiger partial charge in [0, 0.05) is 42.8 Å². The Balaban J connectivity index is 1.26. The van der Waals surface area contributed by atoms with E-state index in [1.54, 1.807) is 25.3 Å². The van der Waals surface area contributed by atoms with Gasteiger partial charge in [-0.15, -0.1) is 6.42 Å². The van der Waals surface area contributed by atoms with E-state index >= 15 is 4.39 Å². The number of hydrogen-bond donors (Lipinski definition) is 0. The molecule has 2 aromatic heterocycles. The molecule has 13 heteroatoms. The Labute approximate surface area is 310 Å². The third-order valence-corrected chi connectivity index (χ3v) is 11.7. The normalized spacial score (nSPS) is 20.0. The van der Waals surface area contributed by atoms with Crippen LogP contribution in [0, 0.1) is 18.2 Å². The number of halogens is 2. The fourth-order valence-electron chi connectivity index (χ4n) is 7.86. The number of aromatic nitrogens is 4. The van der Waals surface area contributed by atoms with Gasteiger partial charge in [-0.25, -0.2) is 13.8 Å². The van der Waals surface area contributed by atoms with E-state index in [-0.39, 0.29) is 42.4 Å². The zero-order valence-corrected chi connectivity index (χ0v) is 30.4. The average Bonchev–Trinajstić information content (AvgIpc) is 3.81. The lowest BCUT2D eigenvalue weighted by Gasteiger charge is -2.31. The standard InChI is InChI=1S/C40H39F2N5O5S/c1-4-30-32(42)14-11-25-17-29(52-23-49-2)18-31(33(25)30)35(48)37-43-36-34(47(37)27-7-5-8-27)38(53-21-24-9-12-28(50-3)13-10-24)45-39(44-36)51-22-40-15-6-16-46(40)20-26(41)19-40/h1,9-14,17-18,26-27H,5-8,15-16,19-23H2,2-3H3/t26-,40+/m1/s1. The summed E-state index contributed by atoms with van der Waals surface area (Å²) in [5, 5.41) is 1.44. The molecule has 4 heterocycles. The van der Waals surface area contributed by atoms with Gasteiger partial charge >= 0.3 is 6.01 Å². The molecule has 2 atom stereocenters. The van der Waals surface area contributed by atoms with Crippen molar-refractivity contribution in [2.24, 2.45) is 0 Å². The highest BCUT2D eigenvalue weighted by Gasteiger charge is 2.49. The van der Waals surface area contributed by atoms with Crippen LogP contribution in [0.2, 0.25) is 0 Å². The van der Waals surface area contributed by atoms with Crippen molar-refractivity contribution in [3.63, 3.8) is 0 Å². The van der Waals surface area contributed by atoms with Crippen LogP contribution in [0.25, 0.3) is 21.9 Å². The molecule has 0 unspecified atom stereocenters. The van der Waals surface area contributed by atoms with Gasteiger partial charge in [-0.1, -0.05) is 35.9 Å². The SMILES string of the molecule is C#Cc1c(F)ccc2cc(OCOC)cc(C(=O)c3nc4nc(OC[C@@]56CCCN5C[C@H](F)C6)nc(SCc5ccc(OC)cc5)c4n3C3CCC3)c12. The summed E-state index contributed by atoms with van der Waals surface area (Å²) in [4.78, 5) is 31.7. The highest BCUT2D eigenvalue weighted by atomic mass is 32.2. The molecule has 8 rings (SSSR count). The zero-order valence-electron chi connectivity index (χ0n) is 29.6. The lowest BCUT2D eigenvalue weighted by Crippen LogP contribution is -2.43. The lowest BCUT2D eigenvalue weighted by atomic mass is 9.91. The number of terminal acetylenes is 1. The van der Waals surface area contributed by atoms with Crippen molar-refractivity contribution >= 4 is 39.5 Å². The lowest BCUT2D eigenvalue weighted by molar-refractivity contribution is 0.0511. The molecule has 0 radical (unpaired) electrons. The van der Waals surface area contributed by atoms with Crippen LogP contribution in [-0.2, 0) is 10.5 Å². The Kier molecular flexibility index (Phi) is 9.70. The molecule has 10 nitrogen and oxygen atoms in total. The van der Waals surface area contributed by atoms with E-state index < -0.39 is 23.3 Å². The molecule has 0 N–H and O–H groups in total. The number of ketones is 1. The Morgan fingerprint density at radius 2 is 1.89 bits per heavy atom. The number of alkyl halides is 1. The number of nitrogens with zero attached hydrogens (tertiary/aromatic N) is 5. The van der Waals surface area contributed by atoms with Crippen molar-refractivity contribution in [3.05, 3.63) is 76.9 Å². The number of fused-ring (bicyclic) bond motifs is 3. The molecule has 0 bridgehead atoms. The smallest absolute Gasteiger partial charge is 0.319 e. The summed E-state index contributed by atoms with van der Waals surface area (Å²) >= 11 is 1.49. The molecule has 1 saturated carbocycles. The fraction of sp³-hybridized carbons (Fsp3) is 0.400. The summed E-state index contributed by atoms with van der Waals surface area (Å²) in [5.74, 6) is 3.19. The third-order valence-electron chi connectivity index (χ3n) is 10.7. The minimum Gasteiger partial charge on any atom is -0.497 e. The molecule has 274 valence electrons. The Bertz CT molecular complexity index is 2240. The van der Waals surface area contributed by atoms with Crippen LogP contribution < -0.4 is 14.2 Å². The van der Waals surface area contributed by atoms with E-state index in [0.717, 1.165) is 50.0 Å². The maximum Gasteiger partial charge on any atom is 0.319 e. The van der Waals surface area contributed by atoms with Crippen molar-refractivity contribution in [3.8, 4) is 29.9 Å². The zero-order chi connectivity index (χ0) is 36.7. The molecular weight excluding hydrogens is 701 g/mol. The number of imidazole rings is 1. The van der Waals surface area contributed by atoms with Gasteiger partial charge in [0.1, 0.15) is 40.6 Å². The van der Waals surface area contributed by atoms with Gasteiger partial charge in [0.15, 0.2) is 18.3 Å². The number of carbonyl (C=O) groups excluding carboxylic acids is 1.